The average Bonchev–Trinajstić information content (AvgIpc) is 3.18. The first-order valence-corrected chi connectivity index (χ1v) is 10.8. The van der Waals surface area contributed by atoms with Crippen LogP contribution in [0.1, 0.15) is 27.5 Å². The Morgan fingerprint density at radius 3 is 2.09 bits per heavy atom. The topological polar surface area (TPSA) is 78.7 Å². The molecule has 1 aliphatic heterocycles. The van der Waals surface area contributed by atoms with Crippen molar-refractivity contribution in [3.8, 4) is 11.1 Å². The van der Waals surface area contributed by atoms with Crippen molar-refractivity contribution in [1.29, 1.82) is 0 Å². The van der Waals surface area contributed by atoms with E-state index in [-0.39, 0.29) is 17.6 Å². The maximum absolute atomic E-state index is 12.4. The number of fused-ring (bicyclic) bond motifs is 3. The minimum absolute atomic E-state index is 0.0786. The van der Waals surface area contributed by atoms with Gasteiger partial charge in [-0.05, 0) is 28.3 Å². The zero-order valence-electron chi connectivity index (χ0n) is 17.8. The molecular formula is C25H24N4O3. The number of hydrogen-bond acceptors (Lipinski definition) is 5. The van der Waals surface area contributed by atoms with Crippen LogP contribution >= 0.6 is 0 Å². The smallest absolute Gasteiger partial charge is 0.270 e. The van der Waals surface area contributed by atoms with Crippen molar-refractivity contribution in [2.24, 2.45) is 0 Å². The number of nitrogens with zero attached hydrogens (tertiary/aromatic N) is 3. The van der Waals surface area contributed by atoms with Gasteiger partial charge in [-0.3, -0.25) is 19.8 Å². The van der Waals surface area contributed by atoms with Crippen molar-refractivity contribution < 1.29 is 9.72 Å². The van der Waals surface area contributed by atoms with E-state index in [4.69, 9.17) is 0 Å². The molecule has 2 aliphatic rings. The Bertz CT molecular complexity index is 1160. The van der Waals surface area contributed by atoms with Gasteiger partial charge in [-0.2, -0.15) is 0 Å². The second-order valence-corrected chi connectivity index (χ2v) is 8.14. The number of amides is 1. The van der Waals surface area contributed by atoms with Gasteiger partial charge in [0.15, 0.2) is 0 Å². The molecule has 0 saturated carbocycles. The molecule has 1 N–H and O–H groups in total. The lowest BCUT2D eigenvalue weighted by Crippen LogP contribution is -2.48. The second-order valence-electron chi connectivity index (χ2n) is 8.14. The molecule has 1 saturated heterocycles. The second kappa shape index (κ2) is 8.09. The fraction of sp³-hybridized carbons (Fsp3) is 0.240. The first-order chi connectivity index (χ1) is 15.6. The molecule has 0 bridgehead atoms. The van der Waals surface area contributed by atoms with E-state index in [9.17, 15) is 14.9 Å². The molecule has 32 heavy (non-hydrogen) atoms. The van der Waals surface area contributed by atoms with Crippen LogP contribution < -0.4 is 10.2 Å². The summed E-state index contributed by atoms with van der Waals surface area (Å²) >= 11 is 0. The van der Waals surface area contributed by atoms with Gasteiger partial charge < -0.3 is 10.2 Å². The average molecular weight is 428 g/mol. The molecule has 0 atom stereocenters. The molecule has 162 valence electrons. The molecule has 1 heterocycles. The Kier molecular flexibility index (Phi) is 5.11. The largest absolute Gasteiger partial charge is 0.368 e. The third-order valence-electron chi connectivity index (χ3n) is 6.48. The van der Waals surface area contributed by atoms with Crippen molar-refractivity contribution in [2.75, 3.05) is 38.1 Å². The van der Waals surface area contributed by atoms with Crippen LogP contribution in [-0.2, 0) is 0 Å². The molecule has 0 aromatic heterocycles. The van der Waals surface area contributed by atoms with Crippen LogP contribution in [0.2, 0.25) is 0 Å². The highest BCUT2D eigenvalue weighted by molar-refractivity contribution is 6.00. The quantitative estimate of drug-likeness (QED) is 0.505. The standard InChI is InChI=1S/C25H24N4O3/c1-26-25(30)22-16-17(29(31)32)10-11-23(22)27-12-14-28(15-13-27)24-20-8-4-2-6-18(20)19-7-3-5-9-21(19)24/h2-11,16,24H,12-15H2,1H3,(H,26,30). The summed E-state index contributed by atoms with van der Waals surface area (Å²) in [7, 11) is 1.54. The third kappa shape index (κ3) is 3.31. The summed E-state index contributed by atoms with van der Waals surface area (Å²) in [6.07, 6.45) is 0. The fourth-order valence-corrected chi connectivity index (χ4v) is 4.97. The Balaban J connectivity index is 1.41. The molecule has 1 fully saturated rings. The number of hydrogen-bond donors (Lipinski definition) is 1. The summed E-state index contributed by atoms with van der Waals surface area (Å²) in [4.78, 5) is 27.8. The zero-order valence-corrected chi connectivity index (χ0v) is 17.8. The van der Waals surface area contributed by atoms with Crippen molar-refractivity contribution in [3.63, 3.8) is 0 Å². The number of piperazine rings is 1. The zero-order chi connectivity index (χ0) is 22.2. The molecule has 0 radical (unpaired) electrons. The lowest BCUT2D eigenvalue weighted by molar-refractivity contribution is -0.384. The predicted octanol–water partition coefficient (Wildman–Crippen LogP) is 3.85. The van der Waals surface area contributed by atoms with Gasteiger partial charge in [0.05, 0.1) is 22.2 Å². The molecule has 7 nitrogen and oxygen atoms in total. The van der Waals surface area contributed by atoms with Crippen LogP contribution in [0.3, 0.4) is 0 Å². The summed E-state index contributed by atoms with van der Waals surface area (Å²) in [5.74, 6) is -0.315. The summed E-state index contributed by atoms with van der Waals surface area (Å²) in [5, 5.41) is 13.8. The van der Waals surface area contributed by atoms with Gasteiger partial charge in [-0.25, -0.2) is 0 Å². The van der Waals surface area contributed by atoms with Gasteiger partial charge in [-0.1, -0.05) is 48.5 Å². The van der Waals surface area contributed by atoms with Crippen molar-refractivity contribution >= 4 is 17.3 Å². The molecule has 7 heteroatoms. The van der Waals surface area contributed by atoms with Gasteiger partial charge >= 0.3 is 0 Å². The number of carbonyl (C=O) groups is 1. The van der Waals surface area contributed by atoms with E-state index in [2.05, 4.69) is 63.6 Å². The van der Waals surface area contributed by atoms with E-state index >= 15 is 0 Å². The Morgan fingerprint density at radius 2 is 1.53 bits per heavy atom. The first-order valence-electron chi connectivity index (χ1n) is 10.8. The Hall–Kier alpha value is -3.71. The van der Waals surface area contributed by atoms with E-state index in [0.717, 1.165) is 31.9 Å². The van der Waals surface area contributed by atoms with Gasteiger partial charge in [0.1, 0.15) is 0 Å². The fourth-order valence-electron chi connectivity index (χ4n) is 4.97. The first kappa shape index (κ1) is 20.2. The minimum Gasteiger partial charge on any atom is -0.368 e. The van der Waals surface area contributed by atoms with Crippen LogP contribution in [0, 0.1) is 10.1 Å². The lowest BCUT2D eigenvalue weighted by Gasteiger charge is -2.40. The van der Waals surface area contributed by atoms with E-state index < -0.39 is 4.92 Å². The number of carbonyl (C=O) groups excluding carboxylic acids is 1. The van der Waals surface area contributed by atoms with Gasteiger partial charge in [0.25, 0.3) is 11.6 Å². The van der Waals surface area contributed by atoms with Crippen LogP contribution in [0.5, 0.6) is 0 Å². The monoisotopic (exact) mass is 428 g/mol. The van der Waals surface area contributed by atoms with Gasteiger partial charge in [0, 0.05) is 45.4 Å². The maximum Gasteiger partial charge on any atom is 0.270 e. The molecule has 3 aromatic carbocycles. The van der Waals surface area contributed by atoms with E-state index in [0.29, 0.717) is 5.56 Å². The molecule has 1 amide bonds. The number of anilines is 1. The minimum atomic E-state index is -0.469. The summed E-state index contributed by atoms with van der Waals surface area (Å²) in [6, 6.07) is 21.9. The van der Waals surface area contributed by atoms with Crippen molar-refractivity contribution in [3.05, 3.63) is 93.5 Å². The number of benzene rings is 3. The van der Waals surface area contributed by atoms with Crippen molar-refractivity contribution in [2.45, 2.75) is 6.04 Å². The lowest BCUT2D eigenvalue weighted by atomic mass is 10.0. The molecule has 0 unspecified atom stereocenters. The number of non-ortho nitro benzene ring substituents is 1. The number of rotatable bonds is 4. The summed E-state index contributed by atoms with van der Waals surface area (Å²) in [6.45, 7) is 3.14. The highest BCUT2D eigenvalue weighted by Gasteiger charge is 2.34. The third-order valence-corrected chi connectivity index (χ3v) is 6.48. The number of nitro benzene ring substituents is 1. The summed E-state index contributed by atoms with van der Waals surface area (Å²) in [5.41, 5.74) is 6.27. The maximum atomic E-state index is 12.4. The van der Waals surface area contributed by atoms with Crippen LogP contribution in [0.4, 0.5) is 11.4 Å². The van der Waals surface area contributed by atoms with Gasteiger partial charge in [0.2, 0.25) is 0 Å². The van der Waals surface area contributed by atoms with E-state index in [1.807, 2.05) is 0 Å². The molecule has 3 aromatic rings. The Labute approximate surface area is 186 Å². The number of nitro groups is 1. The molecule has 0 spiro atoms. The van der Waals surface area contributed by atoms with Crippen molar-refractivity contribution in [1.82, 2.24) is 10.2 Å². The predicted molar refractivity (Wildman–Crippen MR) is 124 cm³/mol. The van der Waals surface area contributed by atoms with Crippen LogP contribution in [-0.4, -0.2) is 49.0 Å². The molecular weight excluding hydrogens is 404 g/mol. The summed E-state index contributed by atoms with van der Waals surface area (Å²) < 4.78 is 0. The van der Waals surface area contributed by atoms with Crippen LogP contribution in [0.15, 0.2) is 66.7 Å². The molecule has 1 aliphatic carbocycles. The number of nitrogens with one attached hydrogen (secondary N) is 1. The SMILES string of the molecule is CNC(=O)c1cc([N+](=O)[O-])ccc1N1CCN(C2c3ccccc3-c3ccccc32)CC1. The molecule has 5 rings (SSSR count). The Morgan fingerprint density at radius 1 is 0.938 bits per heavy atom. The highest BCUT2D eigenvalue weighted by atomic mass is 16.6. The van der Waals surface area contributed by atoms with E-state index in [1.165, 1.54) is 41.4 Å². The van der Waals surface area contributed by atoms with Gasteiger partial charge in [-0.15, -0.1) is 0 Å². The van der Waals surface area contributed by atoms with E-state index in [1.54, 1.807) is 6.07 Å². The van der Waals surface area contributed by atoms with Crippen LogP contribution in [0.25, 0.3) is 11.1 Å². The normalized spacial score (nSPS) is 15.8. The highest BCUT2D eigenvalue weighted by Crippen LogP contribution is 2.46.